The van der Waals surface area contributed by atoms with Crippen LogP contribution in [0.15, 0.2) is 12.1 Å². The number of amides is 1. The molecule has 3 N–H and O–H groups in total. The standard InChI is InChI=1S/C15H24N2O4/c1-19-12-9-14(21-3)13(20-2)8-11(12)10-17-15(18)6-4-5-7-16/h8-9H,4-7,10,16H2,1-3H3,(H,17,18). The first-order valence-corrected chi connectivity index (χ1v) is 6.91. The normalized spacial score (nSPS) is 10.1. The van der Waals surface area contributed by atoms with Crippen molar-refractivity contribution in [2.45, 2.75) is 25.8 Å². The number of unbranched alkanes of at least 4 members (excludes halogenated alkanes) is 1. The van der Waals surface area contributed by atoms with E-state index in [9.17, 15) is 4.79 Å². The third-order valence-corrected chi connectivity index (χ3v) is 3.12. The van der Waals surface area contributed by atoms with E-state index in [0.29, 0.717) is 36.8 Å². The Morgan fingerprint density at radius 2 is 1.67 bits per heavy atom. The van der Waals surface area contributed by atoms with E-state index in [-0.39, 0.29) is 5.91 Å². The summed E-state index contributed by atoms with van der Waals surface area (Å²) in [6, 6.07) is 3.55. The summed E-state index contributed by atoms with van der Waals surface area (Å²) >= 11 is 0. The average Bonchev–Trinajstić information content (AvgIpc) is 2.52. The van der Waals surface area contributed by atoms with Gasteiger partial charge in [-0.2, -0.15) is 0 Å². The number of hydrogen-bond acceptors (Lipinski definition) is 5. The Morgan fingerprint density at radius 3 is 2.24 bits per heavy atom. The molecule has 0 saturated heterocycles. The van der Waals surface area contributed by atoms with Crippen LogP contribution in [0.5, 0.6) is 17.2 Å². The smallest absolute Gasteiger partial charge is 0.220 e. The number of ether oxygens (including phenoxy) is 3. The highest BCUT2D eigenvalue weighted by atomic mass is 16.5. The second-order valence-electron chi connectivity index (χ2n) is 4.54. The lowest BCUT2D eigenvalue weighted by Crippen LogP contribution is -2.23. The van der Waals surface area contributed by atoms with Gasteiger partial charge in [0.05, 0.1) is 21.3 Å². The number of nitrogens with one attached hydrogen (secondary N) is 1. The lowest BCUT2D eigenvalue weighted by molar-refractivity contribution is -0.121. The fourth-order valence-electron chi connectivity index (χ4n) is 1.94. The Hall–Kier alpha value is -1.95. The third-order valence-electron chi connectivity index (χ3n) is 3.12. The maximum atomic E-state index is 11.7. The van der Waals surface area contributed by atoms with Gasteiger partial charge >= 0.3 is 0 Å². The first-order valence-electron chi connectivity index (χ1n) is 6.91. The molecule has 0 aliphatic heterocycles. The molecule has 0 aliphatic rings. The second kappa shape index (κ2) is 9.07. The Kier molecular flexibility index (Phi) is 7.39. The molecule has 0 unspecified atom stereocenters. The highest BCUT2D eigenvalue weighted by Gasteiger charge is 2.12. The lowest BCUT2D eigenvalue weighted by atomic mass is 10.1. The van der Waals surface area contributed by atoms with Crippen LogP contribution in [0.4, 0.5) is 0 Å². The molecule has 1 aromatic rings. The molecule has 0 bridgehead atoms. The van der Waals surface area contributed by atoms with Crippen LogP contribution in [0.1, 0.15) is 24.8 Å². The topological polar surface area (TPSA) is 82.8 Å². The van der Waals surface area contributed by atoms with Gasteiger partial charge in [-0.3, -0.25) is 4.79 Å². The van der Waals surface area contributed by atoms with Crippen molar-refractivity contribution in [1.82, 2.24) is 5.32 Å². The summed E-state index contributed by atoms with van der Waals surface area (Å²) in [7, 11) is 4.71. The van der Waals surface area contributed by atoms with Gasteiger partial charge in [0.15, 0.2) is 11.5 Å². The van der Waals surface area contributed by atoms with Crippen molar-refractivity contribution < 1.29 is 19.0 Å². The third kappa shape index (κ3) is 5.15. The first-order chi connectivity index (χ1) is 10.2. The number of hydrogen-bond donors (Lipinski definition) is 2. The van der Waals surface area contributed by atoms with Crippen LogP contribution in [0.2, 0.25) is 0 Å². The molecule has 0 aromatic heterocycles. The van der Waals surface area contributed by atoms with Crippen molar-refractivity contribution in [1.29, 1.82) is 0 Å². The lowest BCUT2D eigenvalue weighted by Gasteiger charge is -2.14. The minimum atomic E-state index is 0.000267. The molecule has 21 heavy (non-hydrogen) atoms. The molecular formula is C15H24N2O4. The van der Waals surface area contributed by atoms with E-state index < -0.39 is 0 Å². The van der Waals surface area contributed by atoms with Gasteiger partial charge in [0.1, 0.15) is 5.75 Å². The van der Waals surface area contributed by atoms with E-state index >= 15 is 0 Å². The predicted octanol–water partition coefficient (Wildman–Crippen LogP) is 1.46. The summed E-state index contributed by atoms with van der Waals surface area (Å²) in [5.74, 6) is 1.84. The van der Waals surface area contributed by atoms with Crippen LogP contribution in [-0.2, 0) is 11.3 Å². The number of methoxy groups -OCH3 is 3. The summed E-state index contributed by atoms with van der Waals surface area (Å²) in [6.45, 7) is 0.988. The van der Waals surface area contributed by atoms with Gasteiger partial charge in [-0.15, -0.1) is 0 Å². The highest BCUT2D eigenvalue weighted by Crippen LogP contribution is 2.34. The van der Waals surface area contributed by atoms with Gasteiger partial charge in [-0.05, 0) is 25.5 Å². The maximum Gasteiger partial charge on any atom is 0.220 e. The monoisotopic (exact) mass is 296 g/mol. The van der Waals surface area contributed by atoms with Crippen molar-refractivity contribution >= 4 is 5.91 Å². The zero-order chi connectivity index (χ0) is 15.7. The molecule has 0 atom stereocenters. The highest BCUT2D eigenvalue weighted by molar-refractivity contribution is 5.76. The SMILES string of the molecule is COc1cc(OC)c(OC)cc1CNC(=O)CCCCN. The summed E-state index contributed by atoms with van der Waals surface area (Å²) in [5, 5.41) is 2.87. The number of benzene rings is 1. The van der Waals surface area contributed by atoms with Gasteiger partial charge < -0.3 is 25.3 Å². The molecule has 0 aliphatic carbocycles. The summed E-state index contributed by atoms with van der Waals surface area (Å²) in [4.78, 5) is 11.7. The van der Waals surface area contributed by atoms with Crippen LogP contribution >= 0.6 is 0 Å². The second-order valence-corrected chi connectivity index (χ2v) is 4.54. The number of carbonyl (C=O) groups excluding carboxylic acids is 1. The Labute approximate surface area is 125 Å². The van der Waals surface area contributed by atoms with E-state index in [1.807, 2.05) is 0 Å². The predicted molar refractivity (Wildman–Crippen MR) is 80.9 cm³/mol. The molecular weight excluding hydrogens is 272 g/mol. The minimum Gasteiger partial charge on any atom is -0.496 e. The average molecular weight is 296 g/mol. The molecule has 6 nitrogen and oxygen atoms in total. The summed E-state index contributed by atoms with van der Waals surface area (Å²) in [5.41, 5.74) is 6.24. The van der Waals surface area contributed by atoms with E-state index in [4.69, 9.17) is 19.9 Å². The van der Waals surface area contributed by atoms with Crippen LogP contribution in [0.25, 0.3) is 0 Å². The molecule has 6 heteroatoms. The van der Waals surface area contributed by atoms with Gasteiger partial charge in [-0.1, -0.05) is 0 Å². The zero-order valence-corrected chi connectivity index (χ0v) is 12.9. The number of rotatable bonds is 9. The van der Waals surface area contributed by atoms with Gasteiger partial charge in [0.2, 0.25) is 5.91 Å². The summed E-state index contributed by atoms with van der Waals surface area (Å²) < 4.78 is 15.8. The van der Waals surface area contributed by atoms with E-state index in [1.54, 1.807) is 33.5 Å². The largest absolute Gasteiger partial charge is 0.496 e. The van der Waals surface area contributed by atoms with Gasteiger partial charge in [0.25, 0.3) is 0 Å². The van der Waals surface area contributed by atoms with Gasteiger partial charge in [-0.25, -0.2) is 0 Å². The fourth-order valence-corrected chi connectivity index (χ4v) is 1.94. The Morgan fingerprint density at radius 1 is 1.05 bits per heavy atom. The van der Waals surface area contributed by atoms with Crippen LogP contribution < -0.4 is 25.3 Å². The molecule has 1 amide bonds. The molecule has 0 radical (unpaired) electrons. The van der Waals surface area contributed by atoms with E-state index in [1.165, 1.54) is 0 Å². The first kappa shape index (κ1) is 17.1. The molecule has 0 fully saturated rings. The van der Waals surface area contributed by atoms with Crippen molar-refractivity contribution in [3.8, 4) is 17.2 Å². The fraction of sp³-hybridized carbons (Fsp3) is 0.533. The van der Waals surface area contributed by atoms with Crippen molar-refractivity contribution in [3.05, 3.63) is 17.7 Å². The number of carbonyl (C=O) groups is 1. The van der Waals surface area contributed by atoms with Crippen LogP contribution in [-0.4, -0.2) is 33.8 Å². The Bertz CT molecular complexity index is 463. The molecule has 0 saturated carbocycles. The quantitative estimate of drug-likeness (QED) is 0.674. The molecule has 0 spiro atoms. The Balaban J connectivity index is 2.71. The molecule has 118 valence electrons. The van der Waals surface area contributed by atoms with Gasteiger partial charge in [0, 0.05) is 24.6 Å². The molecule has 0 heterocycles. The van der Waals surface area contributed by atoms with E-state index in [0.717, 1.165) is 18.4 Å². The van der Waals surface area contributed by atoms with Crippen LogP contribution in [0.3, 0.4) is 0 Å². The molecule has 1 aromatic carbocycles. The van der Waals surface area contributed by atoms with Crippen molar-refractivity contribution in [2.75, 3.05) is 27.9 Å². The van der Waals surface area contributed by atoms with Crippen molar-refractivity contribution in [3.63, 3.8) is 0 Å². The zero-order valence-electron chi connectivity index (χ0n) is 12.9. The van der Waals surface area contributed by atoms with E-state index in [2.05, 4.69) is 5.32 Å². The number of nitrogens with two attached hydrogens (primary N) is 1. The summed E-state index contributed by atoms with van der Waals surface area (Å²) in [6.07, 6.45) is 2.13. The van der Waals surface area contributed by atoms with Crippen LogP contribution in [0, 0.1) is 0 Å². The van der Waals surface area contributed by atoms with Crippen molar-refractivity contribution in [2.24, 2.45) is 5.73 Å². The molecule has 1 rings (SSSR count). The minimum absolute atomic E-state index is 0.000267. The maximum absolute atomic E-state index is 11.7.